The molecule has 1 aliphatic rings. The van der Waals surface area contributed by atoms with E-state index < -0.39 is 0 Å². The minimum absolute atomic E-state index is 0.357. The van der Waals surface area contributed by atoms with Crippen LogP contribution in [0.4, 0.5) is 5.69 Å². The van der Waals surface area contributed by atoms with E-state index in [1.807, 2.05) is 6.33 Å². The van der Waals surface area contributed by atoms with E-state index in [0.29, 0.717) is 6.04 Å². The summed E-state index contributed by atoms with van der Waals surface area (Å²) < 4.78 is 2.13. The number of benzene rings is 1. The molecule has 1 N–H and O–H groups in total. The minimum atomic E-state index is 0.357. The molecule has 1 aromatic heterocycles. The maximum absolute atomic E-state index is 4.20. The van der Waals surface area contributed by atoms with Crippen LogP contribution in [0.5, 0.6) is 0 Å². The van der Waals surface area contributed by atoms with Gasteiger partial charge in [-0.25, -0.2) is 0 Å². The minimum Gasteiger partial charge on any atom is -0.362 e. The van der Waals surface area contributed by atoms with Crippen LogP contribution in [-0.4, -0.2) is 27.9 Å². The highest BCUT2D eigenvalue weighted by molar-refractivity contribution is 5.55. The highest BCUT2D eigenvalue weighted by atomic mass is 15.3. The first-order valence-corrected chi connectivity index (χ1v) is 7.23. The Labute approximate surface area is 119 Å². The van der Waals surface area contributed by atoms with Crippen molar-refractivity contribution in [2.45, 2.75) is 33.0 Å². The summed E-state index contributed by atoms with van der Waals surface area (Å²) in [7, 11) is 0. The zero-order chi connectivity index (χ0) is 13.9. The molecule has 3 rings (SSSR count). The van der Waals surface area contributed by atoms with Crippen molar-refractivity contribution in [3.8, 4) is 0 Å². The summed E-state index contributed by atoms with van der Waals surface area (Å²) in [6.07, 6.45) is 1.82. The Bertz CT molecular complexity index is 577. The summed E-state index contributed by atoms with van der Waals surface area (Å²) in [5, 5.41) is 11.7. The van der Waals surface area contributed by atoms with E-state index in [1.54, 1.807) is 0 Å². The molecule has 0 fully saturated rings. The van der Waals surface area contributed by atoms with Crippen molar-refractivity contribution in [2.24, 2.45) is 0 Å². The second kappa shape index (κ2) is 5.63. The first-order valence-electron chi connectivity index (χ1n) is 7.23. The van der Waals surface area contributed by atoms with E-state index in [2.05, 4.69) is 63.1 Å². The first kappa shape index (κ1) is 13.1. The van der Waals surface area contributed by atoms with Gasteiger partial charge in [0.1, 0.15) is 6.33 Å². The van der Waals surface area contributed by atoms with E-state index in [-0.39, 0.29) is 0 Å². The van der Waals surface area contributed by atoms with Gasteiger partial charge in [-0.15, -0.1) is 10.2 Å². The Morgan fingerprint density at radius 3 is 3.00 bits per heavy atom. The molecule has 0 bridgehead atoms. The number of hydrogen-bond acceptors (Lipinski definition) is 4. The quantitative estimate of drug-likeness (QED) is 0.923. The molecule has 0 saturated carbocycles. The summed E-state index contributed by atoms with van der Waals surface area (Å²) in [4.78, 5) is 2.40. The van der Waals surface area contributed by atoms with Crippen LogP contribution in [0, 0.1) is 0 Å². The first-order chi connectivity index (χ1) is 9.79. The summed E-state index contributed by atoms with van der Waals surface area (Å²) in [6, 6.07) is 8.99. The molecule has 20 heavy (non-hydrogen) atoms. The molecule has 0 aliphatic carbocycles. The zero-order valence-corrected chi connectivity index (χ0v) is 12.1. The normalized spacial score (nSPS) is 16.0. The van der Waals surface area contributed by atoms with Crippen molar-refractivity contribution in [1.29, 1.82) is 0 Å². The Hall–Kier alpha value is -1.88. The number of fused-ring (bicyclic) bond motifs is 1. The zero-order valence-electron chi connectivity index (χ0n) is 12.1. The van der Waals surface area contributed by atoms with Crippen LogP contribution in [-0.2, 0) is 13.1 Å². The summed E-state index contributed by atoms with van der Waals surface area (Å²) in [6.45, 7) is 8.12. The van der Waals surface area contributed by atoms with Crippen molar-refractivity contribution in [2.75, 3.05) is 18.0 Å². The Morgan fingerprint density at radius 2 is 2.15 bits per heavy atom. The summed E-state index contributed by atoms with van der Waals surface area (Å²) in [5.74, 6) is 1.04. The lowest BCUT2D eigenvalue weighted by Gasteiger charge is -2.32. The molecule has 2 heterocycles. The molecule has 1 aromatic carbocycles. The Morgan fingerprint density at radius 1 is 1.30 bits per heavy atom. The number of anilines is 1. The van der Waals surface area contributed by atoms with Gasteiger partial charge < -0.3 is 14.8 Å². The molecule has 106 valence electrons. The number of nitrogens with one attached hydrogen (secondary N) is 1. The van der Waals surface area contributed by atoms with Crippen LogP contribution in [0.1, 0.15) is 31.3 Å². The standard InChI is InChI=1S/C15H21N5/c1-3-16-12(2)13-6-4-5-7-14(13)19-8-9-20-11-17-18-15(20)10-19/h4-7,11-12,16H,3,8-10H2,1-2H3. The molecule has 2 aromatic rings. The fourth-order valence-corrected chi connectivity index (χ4v) is 2.83. The van der Waals surface area contributed by atoms with Gasteiger partial charge in [0.2, 0.25) is 0 Å². The van der Waals surface area contributed by atoms with Gasteiger partial charge in [-0.05, 0) is 25.1 Å². The summed E-state index contributed by atoms with van der Waals surface area (Å²) >= 11 is 0. The second-order valence-corrected chi connectivity index (χ2v) is 5.20. The maximum atomic E-state index is 4.20. The average molecular weight is 271 g/mol. The van der Waals surface area contributed by atoms with Gasteiger partial charge in [0.15, 0.2) is 5.82 Å². The molecule has 0 spiro atoms. The topological polar surface area (TPSA) is 46.0 Å². The molecule has 0 saturated heterocycles. The van der Waals surface area contributed by atoms with Crippen molar-refractivity contribution in [3.63, 3.8) is 0 Å². The molecular weight excluding hydrogens is 250 g/mol. The second-order valence-electron chi connectivity index (χ2n) is 5.20. The lowest BCUT2D eigenvalue weighted by Crippen LogP contribution is -2.35. The predicted molar refractivity (Wildman–Crippen MR) is 79.6 cm³/mol. The average Bonchev–Trinajstić information content (AvgIpc) is 2.95. The lowest BCUT2D eigenvalue weighted by atomic mass is 10.0. The third-order valence-corrected chi connectivity index (χ3v) is 3.89. The fraction of sp³-hybridized carbons (Fsp3) is 0.467. The summed E-state index contributed by atoms with van der Waals surface area (Å²) in [5.41, 5.74) is 2.65. The van der Waals surface area contributed by atoms with Crippen molar-refractivity contribution in [1.82, 2.24) is 20.1 Å². The third kappa shape index (κ3) is 2.41. The van der Waals surface area contributed by atoms with Crippen LogP contribution < -0.4 is 10.2 Å². The molecule has 5 nitrogen and oxygen atoms in total. The van der Waals surface area contributed by atoms with Gasteiger partial charge in [-0.2, -0.15) is 0 Å². The number of hydrogen-bond donors (Lipinski definition) is 1. The van der Waals surface area contributed by atoms with Gasteiger partial charge in [-0.3, -0.25) is 0 Å². The van der Waals surface area contributed by atoms with Crippen molar-refractivity contribution < 1.29 is 0 Å². The van der Waals surface area contributed by atoms with E-state index in [4.69, 9.17) is 0 Å². The van der Waals surface area contributed by atoms with Gasteiger partial charge in [0, 0.05) is 24.8 Å². The molecule has 1 atom stereocenters. The SMILES string of the molecule is CCNC(C)c1ccccc1N1CCn2cnnc2C1. The van der Waals surface area contributed by atoms with Crippen molar-refractivity contribution in [3.05, 3.63) is 42.0 Å². The molecule has 1 unspecified atom stereocenters. The smallest absolute Gasteiger partial charge is 0.152 e. The van der Waals surface area contributed by atoms with Crippen molar-refractivity contribution >= 4 is 5.69 Å². The number of nitrogens with zero attached hydrogens (tertiary/aromatic N) is 4. The molecule has 5 heteroatoms. The van der Waals surface area contributed by atoms with Gasteiger partial charge in [-0.1, -0.05) is 25.1 Å². The van der Waals surface area contributed by atoms with Crippen LogP contribution in [0.3, 0.4) is 0 Å². The third-order valence-electron chi connectivity index (χ3n) is 3.89. The molecular formula is C15H21N5. The van der Waals surface area contributed by atoms with Crippen LogP contribution in [0.2, 0.25) is 0 Å². The van der Waals surface area contributed by atoms with Crippen LogP contribution in [0.25, 0.3) is 0 Å². The Kier molecular flexibility index (Phi) is 3.69. The van der Waals surface area contributed by atoms with E-state index in [9.17, 15) is 0 Å². The maximum Gasteiger partial charge on any atom is 0.152 e. The van der Waals surface area contributed by atoms with Crippen LogP contribution >= 0.6 is 0 Å². The molecule has 1 aliphatic heterocycles. The van der Waals surface area contributed by atoms with E-state index in [0.717, 1.165) is 32.0 Å². The van der Waals surface area contributed by atoms with E-state index in [1.165, 1.54) is 11.3 Å². The van der Waals surface area contributed by atoms with Gasteiger partial charge in [0.05, 0.1) is 6.54 Å². The number of aromatic nitrogens is 3. The van der Waals surface area contributed by atoms with E-state index >= 15 is 0 Å². The fourth-order valence-electron chi connectivity index (χ4n) is 2.83. The lowest BCUT2D eigenvalue weighted by molar-refractivity contribution is 0.550. The number of para-hydroxylation sites is 1. The largest absolute Gasteiger partial charge is 0.362 e. The highest BCUT2D eigenvalue weighted by Crippen LogP contribution is 2.28. The van der Waals surface area contributed by atoms with Gasteiger partial charge in [0.25, 0.3) is 0 Å². The predicted octanol–water partition coefficient (Wildman–Crippen LogP) is 1.97. The molecule has 0 amide bonds. The van der Waals surface area contributed by atoms with Crippen LogP contribution in [0.15, 0.2) is 30.6 Å². The van der Waals surface area contributed by atoms with Gasteiger partial charge >= 0.3 is 0 Å². The number of rotatable bonds is 4. The highest BCUT2D eigenvalue weighted by Gasteiger charge is 2.21. The molecule has 0 radical (unpaired) electrons. The monoisotopic (exact) mass is 271 g/mol. The Balaban J connectivity index is 1.88.